The average Bonchev–Trinajstić information content (AvgIpc) is 2.97. The van der Waals surface area contributed by atoms with E-state index in [1.165, 1.54) is 12.1 Å². The van der Waals surface area contributed by atoms with Crippen molar-refractivity contribution in [2.45, 2.75) is 25.7 Å². The summed E-state index contributed by atoms with van der Waals surface area (Å²) in [6.07, 6.45) is -0.917. The van der Waals surface area contributed by atoms with E-state index >= 15 is 0 Å². The van der Waals surface area contributed by atoms with Crippen LogP contribution in [0.1, 0.15) is 10.7 Å². The minimum absolute atomic E-state index is 0.338. The first-order valence-electron chi connectivity index (χ1n) is 6.84. The molecule has 6 heteroatoms. The van der Waals surface area contributed by atoms with E-state index < -0.39 is 6.10 Å². The van der Waals surface area contributed by atoms with Gasteiger partial charge in [-0.05, 0) is 19.1 Å². The van der Waals surface area contributed by atoms with Crippen LogP contribution in [0.5, 0.6) is 5.75 Å². The quantitative estimate of drug-likeness (QED) is 0.941. The minimum Gasteiger partial charge on any atom is -0.486 e. The largest absolute Gasteiger partial charge is 0.486 e. The van der Waals surface area contributed by atoms with Gasteiger partial charge in [0.1, 0.15) is 23.8 Å². The van der Waals surface area contributed by atoms with Crippen LogP contribution < -0.4 is 4.74 Å². The predicted octanol–water partition coefficient (Wildman–Crippen LogP) is 2.21. The Morgan fingerprint density at radius 2 is 2.33 bits per heavy atom. The smallest absolute Gasteiger partial charge is 0.138 e. The molecule has 4 nitrogen and oxygen atoms in total. The molecule has 0 radical (unpaired) electrons. The Bertz CT molecular complexity index is 619. The van der Waals surface area contributed by atoms with Crippen LogP contribution in [0, 0.1) is 12.7 Å². The second-order valence-electron chi connectivity index (χ2n) is 5.23. The van der Waals surface area contributed by atoms with Crippen molar-refractivity contribution in [3.63, 3.8) is 0 Å². The molecule has 112 valence electrons. The third kappa shape index (κ3) is 3.58. The minimum atomic E-state index is -0.576. The molecule has 1 aromatic heterocycles. The molecular formula is C15H17FN2O2S. The first-order valence-corrected chi connectivity index (χ1v) is 7.72. The zero-order valence-electron chi connectivity index (χ0n) is 11.7. The molecule has 0 spiro atoms. The van der Waals surface area contributed by atoms with Crippen molar-refractivity contribution in [2.24, 2.45) is 0 Å². The first-order chi connectivity index (χ1) is 10.1. The van der Waals surface area contributed by atoms with Crippen molar-refractivity contribution >= 4 is 11.3 Å². The maximum Gasteiger partial charge on any atom is 0.138 e. The molecule has 1 aromatic carbocycles. The number of ether oxygens (including phenoxy) is 1. The number of benzene rings is 1. The topological polar surface area (TPSA) is 45.6 Å². The van der Waals surface area contributed by atoms with E-state index in [-0.39, 0.29) is 11.9 Å². The van der Waals surface area contributed by atoms with Gasteiger partial charge in [-0.15, -0.1) is 11.3 Å². The Balaban J connectivity index is 1.60. The van der Waals surface area contributed by atoms with Crippen molar-refractivity contribution in [1.82, 2.24) is 9.88 Å². The fourth-order valence-electron chi connectivity index (χ4n) is 2.50. The van der Waals surface area contributed by atoms with Crippen LogP contribution in [-0.4, -0.2) is 40.3 Å². The fourth-order valence-corrected chi connectivity index (χ4v) is 3.11. The maximum absolute atomic E-state index is 13.1. The van der Waals surface area contributed by atoms with Crippen molar-refractivity contribution < 1.29 is 14.2 Å². The van der Waals surface area contributed by atoms with E-state index in [4.69, 9.17) is 4.74 Å². The van der Waals surface area contributed by atoms with E-state index in [1.54, 1.807) is 23.5 Å². The summed E-state index contributed by atoms with van der Waals surface area (Å²) < 4.78 is 18.8. The van der Waals surface area contributed by atoms with Crippen molar-refractivity contribution in [3.05, 3.63) is 46.2 Å². The number of β-amino-alcohol motifs (C(OH)–C–C–N with tert-alkyl or cyclic N) is 1. The number of aliphatic hydroxyl groups is 1. The molecule has 1 fully saturated rings. The molecular weight excluding hydrogens is 291 g/mol. The molecule has 3 rings (SSSR count). The summed E-state index contributed by atoms with van der Waals surface area (Å²) in [4.78, 5) is 6.52. The highest BCUT2D eigenvalue weighted by atomic mass is 32.1. The van der Waals surface area contributed by atoms with Gasteiger partial charge in [-0.25, -0.2) is 9.37 Å². The molecule has 0 amide bonds. The van der Waals surface area contributed by atoms with E-state index in [0.717, 1.165) is 10.7 Å². The molecule has 2 atom stereocenters. The van der Waals surface area contributed by atoms with Gasteiger partial charge in [0.05, 0.1) is 10.7 Å². The van der Waals surface area contributed by atoms with Gasteiger partial charge in [-0.3, -0.25) is 4.90 Å². The zero-order valence-corrected chi connectivity index (χ0v) is 12.5. The Morgan fingerprint density at radius 3 is 3.05 bits per heavy atom. The molecule has 2 aromatic rings. The normalized spacial score (nSPS) is 22.6. The molecule has 0 unspecified atom stereocenters. The number of thiazole rings is 1. The van der Waals surface area contributed by atoms with Crippen LogP contribution in [0.3, 0.4) is 0 Å². The van der Waals surface area contributed by atoms with Gasteiger partial charge < -0.3 is 9.84 Å². The number of nitrogens with zero attached hydrogens (tertiary/aromatic N) is 2. The zero-order chi connectivity index (χ0) is 14.8. The number of rotatable bonds is 4. The van der Waals surface area contributed by atoms with Gasteiger partial charge in [0.15, 0.2) is 0 Å². The predicted molar refractivity (Wildman–Crippen MR) is 79.0 cm³/mol. The average molecular weight is 308 g/mol. The number of aromatic nitrogens is 1. The second-order valence-corrected chi connectivity index (χ2v) is 6.30. The number of hydrogen-bond donors (Lipinski definition) is 1. The number of likely N-dealkylation sites (tertiary alicyclic amines) is 1. The van der Waals surface area contributed by atoms with Crippen LogP contribution in [0.25, 0.3) is 0 Å². The van der Waals surface area contributed by atoms with Crippen molar-refractivity contribution in [1.29, 1.82) is 0 Å². The third-order valence-corrected chi connectivity index (χ3v) is 4.27. The van der Waals surface area contributed by atoms with Crippen LogP contribution in [0.15, 0.2) is 29.6 Å². The van der Waals surface area contributed by atoms with Gasteiger partial charge in [0.25, 0.3) is 0 Å². The van der Waals surface area contributed by atoms with Crippen molar-refractivity contribution in [3.8, 4) is 5.75 Å². The van der Waals surface area contributed by atoms with Gasteiger partial charge in [-0.2, -0.15) is 0 Å². The van der Waals surface area contributed by atoms with Gasteiger partial charge in [0.2, 0.25) is 0 Å². The summed E-state index contributed by atoms with van der Waals surface area (Å²) in [6.45, 7) is 3.82. The molecule has 1 aliphatic rings. The van der Waals surface area contributed by atoms with Crippen LogP contribution >= 0.6 is 11.3 Å². The number of hydrogen-bond acceptors (Lipinski definition) is 5. The van der Waals surface area contributed by atoms with Gasteiger partial charge in [0, 0.05) is 31.1 Å². The molecule has 2 heterocycles. The highest BCUT2D eigenvalue weighted by Gasteiger charge is 2.33. The highest BCUT2D eigenvalue weighted by Crippen LogP contribution is 2.21. The van der Waals surface area contributed by atoms with E-state index in [9.17, 15) is 9.50 Å². The van der Waals surface area contributed by atoms with E-state index in [0.29, 0.717) is 25.4 Å². The Kier molecular flexibility index (Phi) is 4.19. The van der Waals surface area contributed by atoms with E-state index in [2.05, 4.69) is 9.88 Å². The molecule has 1 saturated heterocycles. The molecule has 1 aliphatic heterocycles. The Labute approximate surface area is 126 Å². The fraction of sp³-hybridized carbons (Fsp3) is 0.400. The number of halogens is 1. The van der Waals surface area contributed by atoms with E-state index in [1.807, 2.05) is 12.3 Å². The number of aryl methyl sites for hydroxylation is 1. The lowest BCUT2D eigenvalue weighted by Crippen LogP contribution is -2.29. The Hall–Kier alpha value is -1.50. The number of aliphatic hydroxyl groups excluding tert-OH is 1. The first kappa shape index (κ1) is 14.4. The lowest BCUT2D eigenvalue weighted by atomic mass is 10.2. The van der Waals surface area contributed by atoms with Gasteiger partial charge >= 0.3 is 0 Å². The summed E-state index contributed by atoms with van der Waals surface area (Å²) in [7, 11) is 0. The highest BCUT2D eigenvalue weighted by molar-refractivity contribution is 7.09. The molecule has 0 aliphatic carbocycles. The maximum atomic E-state index is 13.1. The summed E-state index contributed by atoms with van der Waals surface area (Å²) in [5, 5.41) is 13.2. The Morgan fingerprint density at radius 1 is 1.48 bits per heavy atom. The third-order valence-electron chi connectivity index (χ3n) is 3.45. The summed E-state index contributed by atoms with van der Waals surface area (Å²) in [5.41, 5.74) is 1.01. The van der Waals surface area contributed by atoms with Crippen LogP contribution in [-0.2, 0) is 6.54 Å². The lowest BCUT2D eigenvalue weighted by molar-refractivity contribution is 0.0734. The monoisotopic (exact) mass is 308 g/mol. The summed E-state index contributed by atoms with van der Waals surface area (Å²) in [6, 6.07) is 6.00. The molecule has 21 heavy (non-hydrogen) atoms. The summed E-state index contributed by atoms with van der Waals surface area (Å²) in [5.74, 6) is 0.111. The molecule has 1 N–H and O–H groups in total. The standard InChI is InChI=1S/C15H17FN2O2S/c1-10-17-12(9-21-10)6-18-7-14(19)15(8-18)20-13-4-2-3-11(16)5-13/h2-5,9,14-15,19H,6-8H2,1H3/t14-,15-/m1/s1. The summed E-state index contributed by atoms with van der Waals surface area (Å²) >= 11 is 1.62. The second kappa shape index (κ2) is 6.09. The molecule has 0 saturated carbocycles. The van der Waals surface area contributed by atoms with Crippen molar-refractivity contribution in [2.75, 3.05) is 13.1 Å². The van der Waals surface area contributed by atoms with Crippen LogP contribution in [0.2, 0.25) is 0 Å². The van der Waals surface area contributed by atoms with Gasteiger partial charge in [-0.1, -0.05) is 6.07 Å². The van der Waals surface area contributed by atoms with Crippen LogP contribution in [0.4, 0.5) is 4.39 Å². The lowest BCUT2D eigenvalue weighted by Gasteiger charge is -2.16. The SMILES string of the molecule is Cc1nc(CN2C[C@@H](O)[C@H](Oc3cccc(F)c3)C2)cs1. The molecule has 0 bridgehead atoms.